The Balaban J connectivity index is 2.04. The summed E-state index contributed by atoms with van der Waals surface area (Å²) < 4.78 is 15.8. The maximum atomic E-state index is 12.3. The third-order valence-corrected chi connectivity index (χ3v) is 3.59. The lowest BCUT2D eigenvalue weighted by Crippen LogP contribution is -2.35. The summed E-state index contributed by atoms with van der Waals surface area (Å²) in [6, 6.07) is 5.95. The van der Waals surface area contributed by atoms with Crippen molar-refractivity contribution in [1.29, 1.82) is 0 Å². The number of anilines is 2. The van der Waals surface area contributed by atoms with Crippen molar-refractivity contribution in [3.05, 3.63) is 23.8 Å². The molecule has 0 aromatic heterocycles. The number of rotatable bonds is 5. The van der Waals surface area contributed by atoms with E-state index in [1.54, 1.807) is 19.1 Å². The Labute approximate surface area is 137 Å². The zero-order chi connectivity index (χ0) is 17.0. The lowest BCUT2D eigenvalue weighted by molar-refractivity contribution is -0.0914. The molecule has 6 heteroatoms. The normalized spacial score (nSPS) is 14.1. The van der Waals surface area contributed by atoms with Gasteiger partial charge in [0.05, 0.1) is 12.2 Å². The van der Waals surface area contributed by atoms with Crippen molar-refractivity contribution < 1.29 is 19.0 Å². The summed E-state index contributed by atoms with van der Waals surface area (Å²) in [4.78, 5) is 13.9. The molecule has 1 aliphatic rings. The van der Waals surface area contributed by atoms with Crippen molar-refractivity contribution in [3.63, 3.8) is 0 Å². The van der Waals surface area contributed by atoms with Gasteiger partial charge in [-0.05, 0) is 51.0 Å². The number of nitrogens with zero attached hydrogens (tertiary/aromatic N) is 1. The van der Waals surface area contributed by atoms with Gasteiger partial charge in [0, 0.05) is 26.5 Å². The fourth-order valence-corrected chi connectivity index (χ4v) is 2.48. The SMILES string of the molecule is COC(CNc1ccc2c(c1)CCN2C(=O)OC(C)(C)C)OC. The van der Waals surface area contributed by atoms with Crippen molar-refractivity contribution in [2.24, 2.45) is 0 Å². The maximum Gasteiger partial charge on any atom is 0.414 e. The molecule has 23 heavy (non-hydrogen) atoms. The number of carbonyl (C=O) groups is 1. The van der Waals surface area contributed by atoms with E-state index in [1.165, 1.54) is 0 Å². The molecule has 2 rings (SSSR count). The number of hydrogen-bond acceptors (Lipinski definition) is 5. The fourth-order valence-electron chi connectivity index (χ4n) is 2.48. The van der Waals surface area contributed by atoms with Gasteiger partial charge in [-0.3, -0.25) is 4.90 Å². The number of hydrogen-bond donors (Lipinski definition) is 1. The summed E-state index contributed by atoms with van der Waals surface area (Å²) in [6.45, 7) is 6.82. The third kappa shape index (κ3) is 4.59. The first kappa shape index (κ1) is 17.6. The predicted octanol–water partition coefficient (Wildman–Crippen LogP) is 3.02. The van der Waals surface area contributed by atoms with Crippen LogP contribution in [0.5, 0.6) is 0 Å². The molecule has 6 nitrogen and oxygen atoms in total. The molecule has 1 N–H and O–H groups in total. The molecule has 0 unspecified atom stereocenters. The first-order valence-electron chi connectivity index (χ1n) is 7.77. The number of fused-ring (bicyclic) bond motifs is 1. The van der Waals surface area contributed by atoms with Crippen LogP contribution in [0.25, 0.3) is 0 Å². The van der Waals surface area contributed by atoms with Crippen LogP contribution in [-0.2, 0) is 20.6 Å². The van der Waals surface area contributed by atoms with Gasteiger partial charge in [-0.25, -0.2) is 4.79 Å². The highest BCUT2D eigenvalue weighted by atomic mass is 16.7. The van der Waals surface area contributed by atoms with Gasteiger partial charge in [0.2, 0.25) is 0 Å². The number of carbonyl (C=O) groups excluding carboxylic acids is 1. The minimum absolute atomic E-state index is 0.290. The first-order chi connectivity index (χ1) is 10.8. The second-order valence-corrected chi connectivity index (χ2v) is 6.51. The van der Waals surface area contributed by atoms with Crippen molar-refractivity contribution in [2.45, 2.75) is 39.1 Å². The van der Waals surface area contributed by atoms with Crippen molar-refractivity contribution in [1.82, 2.24) is 0 Å². The molecule has 1 aromatic rings. The topological polar surface area (TPSA) is 60.0 Å². The van der Waals surface area contributed by atoms with Crippen LogP contribution in [0, 0.1) is 0 Å². The van der Waals surface area contributed by atoms with Crippen LogP contribution in [0.2, 0.25) is 0 Å². The van der Waals surface area contributed by atoms with Gasteiger partial charge in [0.15, 0.2) is 6.29 Å². The number of nitrogens with one attached hydrogen (secondary N) is 1. The van der Waals surface area contributed by atoms with Crippen LogP contribution in [-0.4, -0.2) is 45.3 Å². The van der Waals surface area contributed by atoms with Crippen LogP contribution in [0.4, 0.5) is 16.2 Å². The number of benzene rings is 1. The molecule has 0 radical (unpaired) electrons. The molecule has 128 valence electrons. The molecule has 0 saturated heterocycles. The Morgan fingerprint density at radius 3 is 2.61 bits per heavy atom. The standard InChI is InChI=1S/C17H26N2O4/c1-17(2,3)23-16(20)19-9-8-12-10-13(6-7-14(12)19)18-11-15(21-4)22-5/h6-7,10,15,18H,8-9,11H2,1-5H3. The molecule has 0 spiro atoms. The van der Waals surface area contributed by atoms with Crippen molar-refractivity contribution >= 4 is 17.5 Å². The molecule has 1 aliphatic heterocycles. The van der Waals surface area contributed by atoms with Gasteiger partial charge in [-0.15, -0.1) is 0 Å². The van der Waals surface area contributed by atoms with E-state index in [4.69, 9.17) is 14.2 Å². The Morgan fingerprint density at radius 2 is 2.00 bits per heavy atom. The fraction of sp³-hybridized carbons (Fsp3) is 0.588. The van der Waals surface area contributed by atoms with Crippen LogP contribution in [0.3, 0.4) is 0 Å². The van der Waals surface area contributed by atoms with E-state index in [9.17, 15) is 4.79 Å². The largest absolute Gasteiger partial charge is 0.443 e. The average molecular weight is 322 g/mol. The lowest BCUT2D eigenvalue weighted by Gasteiger charge is -2.25. The number of ether oxygens (including phenoxy) is 3. The smallest absolute Gasteiger partial charge is 0.414 e. The Hall–Kier alpha value is -1.79. The molecule has 1 aromatic carbocycles. The molecule has 0 atom stereocenters. The van der Waals surface area contributed by atoms with E-state index >= 15 is 0 Å². The van der Waals surface area contributed by atoms with E-state index < -0.39 is 5.60 Å². The van der Waals surface area contributed by atoms with E-state index in [0.29, 0.717) is 13.1 Å². The van der Waals surface area contributed by atoms with Gasteiger partial charge < -0.3 is 19.5 Å². The second kappa shape index (κ2) is 7.19. The average Bonchev–Trinajstić information content (AvgIpc) is 2.89. The summed E-state index contributed by atoms with van der Waals surface area (Å²) in [6.07, 6.45) is 0.236. The monoisotopic (exact) mass is 322 g/mol. The Morgan fingerprint density at radius 1 is 1.30 bits per heavy atom. The Kier molecular flexibility index (Phi) is 5.49. The minimum Gasteiger partial charge on any atom is -0.443 e. The van der Waals surface area contributed by atoms with E-state index in [1.807, 2.05) is 32.9 Å². The van der Waals surface area contributed by atoms with Crippen LogP contribution >= 0.6 is 0 Å². The molecule has 1 heterocycles. The van der Waals surface area contributed by atoms with Gasteiger partial charge in [-0.1, -0.05) is 0 Å². The zero-order valence-corrected chi connectivity index (χ0v) is 14.5. The Bertz CT molecular complexity index is 550. The zero-order valence-electron chi connectivity index (χ0n) is 14.5. The molecular weight excluding hydrogens is 296 g/mol. The third-order valence-electron chi connectivity index (χ3n) is 3.59. The van der Waals surface area contributed by atoms with Gasteiger partial charge in [-0.2, -0.15) is 0 Å². The van der Waals surface area contributed by atoms with Gasteiger partial charge in [0.1, 0.15) is 5.60 Å². The number of amides is 1. The van der Waals surface area contributed by atoms with E-state index in [-0.39, 0.29) is 12.4 Å². The summed E-state index contributed by atoms with van der Waals surface area (Å²) >= 11 is 0. The molecule has 0 bridgehead atoms. The van der Waals surface area contributed by atoms with Crippen LogP contribution in [0.1, 0.15) is 26.3 Å². The molecule has 0 saturated carbocycles. The summed E-state index contributed by atoms with van der Waals surface area (Å²) in [5, 5.41) is 3.27. The molecular formula is C17H26N2O4. The van der Waals surface area contributed by atoms with E-state index in [2.05, 4.69) is 11.4 Å². The highest BCUT2D eigenvalue weighted by Crippen LogP contribution is 2.31. The van der Waals surface area contributed by atoms with Crippen LogP contribution < -0.4 is 10.2 Å². The highest BCUT2D eigenvalue weighted by Gasteiger charge is 2.28. The first-order valence-corrected chi connectivity index (χ1v) is 7.77. The van der Waals surface area contributed by atoms with E-state index in [0.717, 1.165) is 23.4 Å². The second-order valence-electron chi connectivity index (χ2n) is 6.51. The summed E-state index contributed by atoms with van der Waals surface area (Å²) in [5.74, 6) is 0. The van der Waals surface area contributed by atoms with Crippen molar-refractivity contribution in [3.8, 4) is 0 Å². The predicted molar refractivity (Wildman–Crippen MR) is 90.0 cm³/mol. The van der Waals surface area contributed by atoms with Crippen molar-refractivity contribution in [2.75, 3.05) is 37.5 Å². The lowest BCUT2D eigenvalue weighted by atomic mass is 10.1. The quantitative estimate of drug-likeness (QED) is 0.845. The highest BCUT2D eigenvalue weighted by molar-refractivity contribution is 5.91. The van der Waals surface area contributed by atoms with Gasteiger partial charge >= 0.3 is 6.09 Å². The molecule has 0 aliphatic carbocycles. The molecule has 0 fully saturated rings. The summed E-state index contributed by atoms with van der Waals surface area (Å²) in [5.41, 5.74) is 2.54. The van der Waals surface area contributed by atoms with Crippen LogP contribution in [0.15, 0.2) is 18.2 Å². The maximum absolute atomic E-state index is 12.3. The molecule has 1 amide bonds. The van der Waals surface area contributed by atoms with Gasteiger partial charge in [0.25, 0.3) is 0 Å². The number of methoxy groups -OCH3 is 2. The minimum atomic E-state index is -0.489. The summed E-state index contributed by atoms with van der Waals surface area (Å²) in [7, 11) is 3.22.